The molecular weight excluding hydrogens is 362 g/mol. The fourth-order valence-electron chi connectivity index (χ4n) is 2.71. The fraction of sp³-hybridized carbons (Fsp3) is 0.150. The van der Waals surface area contributed by atoms with Gasteiger partial charge in [-0.25, -0.2) is 4.79 Å². The van der Waals surface area contributed by atoms with Crippen molar-refractivity contribution in [1.29, 1.82) is 5.26 Å². The third-order valence-corrected chi connectivity index (χ3v) is 5.33. The van der Waals surface area contributed by atoms with Crippen molar-refractivity contribution in [2.24, 2.45) is 0 Å². The molecule has 136 valence electrons. The van der Waals surface area contributed by atoms with Crippen LogP contribution >= 0.6 is 11.8 Å². The number of Topliss-reactive ketones (excluding diaryl/α,β-unsaturated/α-hetero) is 1. The molecule has 1 aliphatic rings. The lowest BCUT2D eigenvalue weighted by molar-refractivity contribution is -0.118. The minimum absolute atomic E-state index is 0.0200. The predicted octanol–water partition coefficient (Wildman–Crippen LogP) is 3.43. The zero-order chi connectivity index (χ0) is 19.4. The highest BCUT2D eigenvalue weighted by Crippen LogP contribution is 2.46. The molecule has 0 saturated heterocycles. The Morgan fingerprint density at radius 2 is 1.89 bits per heavy atom. The second-order valence-electron chi connectivity index (χ2n) is 5.72. The van der Waals surface area contributed by atoms with Gasteiger partial charge in [0, 0.05) is 24.7 Å². The van der Waals surface area contributed by atoms with Crippen molar-refractivity contribution >= 4 is 34.9 Å². The van der Waals surface area contributed by atoms with Crippen molar-refractivity contribution in [3.63, 3.8) is 0 Å². The number of thioether (sulfide) groups is 1. The molecule has 27 heavy (non-hydrogen) atoms. The highest BCUT2D eigenvalue weighted by atomic mass is 32.2. The lowest BCUT2D eigenvalue weighted by Crippen LogP contribution is -2.20. The largest absolute Gasteiger partial charge is 0.454 e. The smallest absolute Gasteiger partial charge is 0.340 e. The quantitative estimate of drug-likeness (QED) is 0.484. The van der Waals surface area contributed by atoms with Gasteiger partial charge >= 0.3 is 5.97 Å². The molecule has 0 saturated carbocycles. The molecule has 0 bridgehead atoms. The summed E-state index contributed by atoms with van der Waals surface area (Å²) in [4.78, 5) is 27.6. The summed E-state index contributed by atoms with van der Waals surface area (Å²) in [6, 6.07) is 16.5. The number of carbonyl (C=O) groups is 2. The van der Waals surface area contributed by atoms with Gasteiger partial charge in [-0.2, -0.15) is 5.26 Å². The number of nitriles is 1. The van der Waals surface area contributed by atoms with Gasteiger partial charge in [-0.05, 0) is 24.3 Å². The van der Waals surface area contributed by atoms with Gasteiger partial charge in [0.2, 0.25) is 5.78 Å². The number of esters is 1. The van der Waals surface area contributed by atoms with E-state index in [-0.39, 0.29) is 5.57 Å². The number of anilines is 2. The van der Waals surface area contributed by atoms with Crippen molar-refractivity contribution in [2.75, 3.05) is 30.9 Å². The zero-order valence-corrected chi connectivity index (χ0v) is 15.7. The average Bonchev–Trinajstić information content (AvgIpc) is 3.03. The standard InChI is InChI=1S/C20H17N3O3S/c1-22-15-8-4-3-7-13(15)20(25)26-12-17(24)14(11-21)19-23(2)16-9-5-6-10-18(16)27-19/h3-10,22H,12H2,1-2H3/b19-14+. The summed E-state index contributed by atoms with van der Waals surface area (Å²) in [5, 5.41) is 12.9. The number of carbonyl (C=O) groups excluding carboxylic acids is 2. The third kappa shape index (κ3) is 3.66. The molecule has 1 heterocycles. The number of hydrogen-bond acceptors (Lipinski definition) is 7. The Hall–Kier alpha value is -3.24. The Morgan fingerprint density at radius 1 is 1.19 bits per heavy atom. The van der Waals surface area contributed by atoms with Gasteiger partial charge in [-0.15, -0.1) is 0 Å². The highest BCUT2D eigenvalue weighted by Gasteiger charge is 2.28. The average molecular weight is 379 g/mol. The number of benzene rings is 2. The normalized spacial score (nSPS) is 14.2. The second-order valence-corrected chi connectivity index (χ2v) is 6.75. The second kappa shape index (κ2) is 7.98. The van der Waals surface area contributed by atoms with Gasteiger partial charge in [0.1, 0.15) is 16.7 Å². The van der Waals surface area contributed by atoms with Crippen molar-refractivity contribution in [3.8, 4) is 6.07 Å². The van der Waals surface area contributed by atoms with Gasteiger partial charge in [-0.1, -0.05) is 36.0 Å². The van der Waals surface area contributed by atoms with E-state index >= 15 is 0 Å². The van der Waals surface area contributed by atoms with E-state index in [1.807, 2.05) is 30.3 Å². The van der Waals surface area contributed by atoms with Crippen molar-refractivity contribution in [1.82, 2.24) is 0 Å². The maximum absolute atomic E-state index is 12.5. The molecule has 0 spiro atoms. The number of rotatable bonds is 5. The summed E-state index contributed by atoms with van der Waals surface area (Å²) in [6.45, 7) is -0.492. The fourth-order valence-corrected chi connectivity index (χ4v) is 3.87. The first-order chi connectivity index (χ1) is 13.1. The molecule has 0 fully saturated rings. The van der Waals surface area contributed by atoms with Crippen molar-refractivity contribution in [3.05, 3.63) is 64.7 Å². The van der Waals surface area contributed by atoms with E-state index in [0.717, 1.165) is 10.6 Å². The molecule has 1 aliphatic heterocycles. The predicted molar refractivity (Wildman–Crippen MR) is 105 cm³/mol. The van der Waals surface area contributed by atoms with E-state index in [4.69, 9.17) is 4.74 Å². The number of ketones is 1. The zero-order valence-electron chi connectivity index (χ0n) is 14.9. The summed E-state index contributed by atoms with van der Waals surface area (Å²) in [6.07, 6.45) is 0. The molecule has 3 rings (SSSR count). The molecule has 0 unspecified atom stereocenters. The van der Waals surface area contributed by atoms with Gasteiger partial charge < -0.3 is 15.0 Å². The van der Waals surface area contributed by atoms with Crippen LogP contribution in [0.2, 0.25) is 0 Å². The van der Waals surface area contributed by atoms with Gasteiger partial charge in [0.25, 0.3) is 0 Å². The first-order valence-corrected chi connectivity index (χ1v) is 9.00. The topological polar surface area (TPSA) is 82.4 Å². The number of ether oxygens (including phenoxy) is 1. The number of fused-ring (bicyclic) bond motifs is 1. The van der Waals surface area contributed by atoms with Gasteiger partial charge in [-0.3, -0.25) is 4.79 Å². The van der Waals surface area contributed by atoms with E-state index in [9.17, 15) is 14.9 Å². The van der Waals surface area contributed by atoms with E-state index in [0.29, 0.717) is 16.3 Å². The van der Waals surface area contributed by atoms with Crippen molar-refractivity contribution < 1.29 is 14.3 Å². The lowest BCUT2D eigenvalue weighted by Gasteiger charge is -2.15. The van der Waals surface area contributed by atoms with Crippen LogP contribution < -0.4 is 10.2 Å². The first-order valence-electron chi connectivity index (χ1n) is 8.19. The number of hydrogen-bond donors (Lipinski definition) is 1. The number of nitrogens with one attached hydrogen (secondary N) is 1. The van der Waals surface area contributed by atoms with Crippen LogP contribution in [0.25, 0.3) is 0 Å². The van der Waals surface area contributed by atoms with E-state index in [2.05, 4.69) is 5.32 Å². The van der Waals surface area contributed by atoms with Crippen LogP contribution in [-0.4, -0.2) is 32.5 Å². The minimum Gasteiger partial charge on any atom is -0.454 e. The molecule has 0 aromatic heterocycles. The van der Waals surface area contributed by atoms with Crippen LogP contribution in [0, 0.1) is 11.3 Å². The molecular formula is C20H17N3O3S. The molecule has 0 amide bonds. The summed E-state index contributed by atoms with van der Waals surface area (Å²) in [5.41, 5.74) is 1.85. The maximum Gasteiger partial charge on any atom is 0.340 e. The summed E-state index contributed by atoms with van der Waals surface area (Å²) >= 11 is 1.35. The first kappa shape index (κ1) is 18.5. The van der Waals surface area contributed by atoms with Crippen LogP contribution in [0.1, 0.15) is 10.4 Å². The Bertz CT molecular complexity index is 978. The molecule has 0 atom stereocenters. The van der Waals surface area contributed by atoms with E-state index in [1.165, 1.54) is 11.8 Å². The summed E-state index contributed by atoms with van der Waals surface area (Å²) < 4.78 is 5.15. The molecule has 7 heteroatoms. The Kier molecular flexibility index (Phi) is 5.48. The monoisotopic (exact) mass is 379 g/mol. The Morgan fingerprint density at radius 3 is 2.59 bits per heavy atom. The van der Waals surface area contributed by atoms with E-state index in [1.54, 1.807) is 43.3 Å². The van der Waals surface area contributed by atoms with Crippen LogP contribution in [0.3, 0.4) is 0 Å². The van der Waals surface area contributed by atoms with Crippen LogP contribution in [0.4, 0.5) is 11.4 Å². The summed E-state index contributed by atoms with van der Waals surface area (Å²) in [5.74, 6) is -1.15. The third-order valence-electron chi connectivity index (χ3n) is 4.09. The Balaban J connectivity index is 1.76. The highest BCUT2D eigenvalue weighted by molar-refractivity contribution is 8.03. The number of nitrogens with zero attached hydrogens (tertiary/aromatic N) is 2. The Labute approximate surface area is 161 Å². The molecule has 2 aromatic carbocycles. The van der Waals surface area contributed by atoms with Gasteiger partial charge in [0.15, 0.2) is 6.61 Å². The minimum atomic E-state index is -0.619. The van der Waals surface area contributed by atoms with Crippen LogP contribution in [0.5, 0.6) is 0 Å². The van der Waals surface area contributed by atoms with E-state index < -0.39 is 18.4 Å². The SMILES string of the molecule is CNc1ccccc1C(=O)OCC(=O)/C(C#N)=C1/Sc2ccccc2N1C. The van der Waals surface area contributed by atoms with Gasteiger partial charge in [0.05, 0.1) is 11.3 Å². The lowest BCUT2D eigenvalue weighted by atomic mass is 10.1. The maximum atomic E-state index is 12.5. The molecule has 6 nitrogen and oxygen atoms in total. The molecule has 1 N–H and O–H groups in total. The van der Waals surface area contributed by atoms with Crippen LogP contribution in [0.15, 0.2) is 64.0 Å². The molecule has 2 aromatic rings. The molecule has 0 radical (unpaired) electrons. The number of para-hydroxylation sites is 2. The van der Waals surface area contributed by atoms with Crippen LogP contribution in [-0.2, 0) is 9.53 Å². The summed E-state index contributed by atoms with van der Waals surface area (Å²) in [7, 11) is 3.49. The molecule has 0 aliphatic carbocycles. The van der Waals surface area contributed by atoms with Crippen molar-refractivity contribution in [2.45, 2.75) is 4.90 Å².